The molecule has 0 amide bonds. The van der Waals surface area contributed by atoms with E-state index in [0.29, 0.717) is 5.56 Å². The van der Waals surface area contributed by atoms with Crippen LogP contribution in [0, 0.1) is 0 Å². The van der Waals surface area contributed by atoms with Crippen molar-refractivity contribution in [3.05, 3.63) is 84.0 Å². The third kappa shape index (κ3) is 4.51. The van der Waals surface area contributed by atoms with Crippen molar-refractivity contribution in [3.8, 4) is 0 Å². The Balaban J connectivity index is 2.01. The Kier molecular flexibility index (Phi) is 5.04. The van der Waals surface area contributed by atoms with E-state index in [4.69, 9.17) is 5.14 Å². The quantitative estimate of drug-likeness (QED) is 0.524. The van der Waals surface area contributed by atoms with Crippen LogP contribution >= 0.6 is 0 Å². The molecule has 0 spiro atoms. The number of ketones is 1. The van der Waals surface area contributed by atoms with E-state index < -0.39 is 10.0 Å². The van der Waals surface area contributed by atoms with E-state index in [9.17, 15) is 13.2 Å². The summed E-state index contributed by atoms with van der Waals surface area (Å²) < 4.78 is 22.3. The van der Waals surface area contributed by atoms with Crippen LogP contribution in [0.1, 0.15) is 15.9 Å². The fourth-order valence-corrected chi connectivity index (χ4v) is 2.29. The van der Waals surface area contributed by atoms with E-state index in [-0.39, 0.29) is 10.7 Å². The molecular formula is C17H15NO3S. The second-order valence-corrected chi connectivity index (χ2v) is 6.12. The van der Waals surface area contributed by atoms with Gasteiger partial charge in [0.2, 0.25) is 10.0 Å². The number of sulfonamides is 1. The van der Waals surface area contributed by atoms with Crippen molar-refractivity contribution in [2.45, 2.75) is 4.90 Å². The average Bonchev–Trinajstić information content (AvgIpc) is 2.52. The van der Waals surface area contributed by atoms with E-state index in [2.05, 4.69) is 0 Å². The minimum atomic E-state index is -3.67. The zero-order valence-electron chi connectivity index (χ0n) is 11.7. The Morgan fingerprint density at radius 3 is 2.14 bits per heavy atom. The van der Waals surface area contributed by atoms with Crippen LogP contribution in [0.4, 0.5) is 0 Å². The van der Waals surface area contributed by atoms with Gasteiger partial charge in [0.15, 0.2) is 5.78 Å². The lowest BCUT2D eigenvalue weighted by molar-refractivity contribution is 0.104. The van der Waals surface area contributed by atoms with E-state index in [1.165, 1.54) is 18.2 Å². The molecule has 0 saturated heterocycles. The molecular weight excluding hydrogens is 298 g/mol. The van der Waals surface area contributed by atoms with Crippen LogP contribution in [-0.2, 0) is 10.0 Å². The second-order valence-electron chi connectivity index (χ2n) is 4.56. The summed E-state index contributed by atoms with van der Waals surface area (Å²) in [5.41, 5.74) is 1.44. The Hall–Kier alpha value is -2.50. The summed E-state index contributed by atoms with van der Waals surface area (Å²) >= 11 is 0. The molecule has 0 aliphatic carbocycles. The lowest BCUT2D eigenvalue weighted by atomic mass is 10.1. The first-order valence-electron chi connectivity index (χ1n) is 6.54. The molecule has 0 aliphatic rings. The summed E-state index contributed by atoms with van der Waals surface area (Å²) in [6, 6.07) is 15.1. The normalized spacial score (nSPS) is 12.0. The maximum absolute atomic E-state index is 11.8. The van der Waals surface area contributed by atoms with Crippen molar-refractivity contribution in [2.24, 2.45) is 5.14 Å². The van der Waals surface area contributed by atoms with Gasteiger partial charge in [-0.25, -0.2) is 13.6 Å². The fourth-order valence-electron chi connectivity index (χ4n) is 1.78. The van der Waals surface area contributed by atoms with Crippen LogP contribution in [-0.4, -0.2) is 14.2 Å². The minimum Gasteiger partial charge on any atom is -0.289 e. The summed E-state index contributed by atoms with van der Waals surface area (Å²) in [6.45, 7) is 0. The molecule has 0 saturated carbocycles. The number of hydrogen-bond acceptors (Lipinski definition) is 3. The molecule has 0 aromatic heterocycles. The monoisotopic (exact) mass is 313 g/mol. The van der Waals surface area contributed by atoms with Crippen LogP contribution in [0.2, 0.25) is 0 Å². The highest BCUT2D eigenvalue weighted by atomic mass is 32.2. The predicted octanol–water partition coefficient (Wildman–Crippen LogP) is 2.79. The van der Waals surface area contributed by atoms with Crippen LogP contribution in [0.3, 0.4) is 0 Å². The number of allylic oxidation sites excluding steroid dienone is 3. The molecule has 0 radical (unpaired) electrons. The van der Waals surface area contributed by atoms with E-state index in [1.807, 2.05) is 18.2 Å². The van der Waals surface area contributed by atoms with Crippen LogP contribution < -0.4 is 5.14 Å². The molecule has 2 rings (SSSR count). The molecule has 5 heteroatoms. The molecule has 4 nitrogen and oxygen atoms in total. The Bertz CT molecular complexity index is 805. The fraction of sp³-hybridized carbons (Fsp3) is 0. The van der Waals surface area contributed by atoms with Gasteiger partial charge in [-0.05, 0) is 23.8 Å². The van der Waals surface area contributed by atoms with Gasteiger partial charge in [0.25, 0.3) is 0 Å². The number of rotatable bonds is 5. The van der Waals surface area contributed by atoms with Crippen molar-refractivity contribution in [1.29, 1.82) is 0 Å². The molecule has 0 fully saturated rings. The number of primary sulfonamides is 1. The van der Waals surface area contributed by atoms with Gasteiger partial charge < -0.3 is 0 Å². The summed E-state index contributed by atoms with van der Waals surface area (Å²) in [6.07, 6.45) is 6.60. The Labute approximate surface area is 129 Å². The van der Waals surface area contributed by atoms with E-state index in [1.54, 1.807) is 42.5 Å². The van der Waals surface area contributed by atoms with Gasteiger partial charge in [-0.2, -0.15) is 0 Å². The zero-order chi connectivity index (χ0) is 16.0. The van der Waals surface area contributed by atoms with Crippen molar-refractivity contribution in [3.63, 3.8) is 0 Å². The molecule has 0 bridgehead atoms. The number of benzene rings is 2. The third-order valence-electron chi connectivity index (χ3n) is 2.91. The molecule has 2 aromatic rings. The zero-order valence-corrected chi connectivity index (χ0v) is 12.5. The predicted molar refractivity (Wildman–Crippen MR) is 86.8 cm³/mol. The van der Waals surface area contributed by atoms with E-state index in [0.717, 1.165) is 5.56 Å². The number of hydrogen-bond donors (Lipinski definition) is 1. The van der Waals surface area contributed by atoms with Crippen LogP contribution in [0.5, 0.6) is 0 Å². The van der Waals surface area contributed by atoms with Gasteiger partial charge >= 0.3 is 0 Å². The SMILES string of the molecule is NS(=O)(=O)c1ccc(/C=C\C=C/C(=O)c2ccccc2)cc1. The van der Waals surface area contributed by atoms with Gasteiger partial charge in [-0.3, -0.25) is 4.79 Å². The topological polar surface area (TPSA) is 77.2 Å². The Morgan fingerprint density at radius 1 is 0.909 bits per heavy atom. The summed E-state index contributed by atoms with van der Waals surface area (Å²) in [5.74, 6) is -0.0742. The van der Waals surface area contributed by atoms with Gasteiger partial charge in [-0.1, -0.05) is 60.7 Å². The van der Waals surface area contributed by atoms with Gasteiger partial charge in [0.05, 0.1) is 4.90 Å². The molecule has 0 heterocycles. The largest absolute Gasteiger partial charge is 0.289 e. The van der Waals surface area contributed by atoms with E-state index >= 15 is 0 Å². The maximum atomic E-state index is 11.8. The molecule has 112 valence electrons. The first kappa shape index (κ1) is 15.9. The van der Waals surface area contributed by atoms with Gasteiger partial charge in [0.1, 0.15) is 0 Å². The van der Waals surface area contributed by atoms with Crippen molar-refractivity contribution in [2.75, 3.05) is 0 Å². The molecule has 2 N–H and O–H groups in total. The van der Waals surface area contributed by atoms with Crippen LogP contribution in [0.25, 0.3) is 6.08 Å². The number of carbonyl (C=O) groups is 1. The number of carbonyl (C=O) groups excluding carboxylic acids is 1. The van der Waals surface area contributed by atoms with Crippen molar-refractivity contribution in [1.82, 2.24) is 0 Å². The first-order chi connectivity index (χ1) is 10.5. The summed E-state index contributed by atoms with van der Waals surface area (Å²) in [7, 11) is -3.67. The van der Waals surface area contributed by atoms with Gasteiger partial charge in [0, 0.05) is 5.56 Å². The molecule has 22 heavy (non-hydrogen) atoms. The second kappa shape index (κ2) is 6.98. The maximum Gasteiger partial charge on any atom is 0.238 e. The van der Waals surface area contributed by atoms with Crippen LogP contribution in [0.15, 0.2) is 77.7 Å². The number of nitrogens with two attached hydrogens (primary N) is 1. The average molecular weight is 313 g/mol. The highest BCUT2D eigenvalue weighted by molar-refractivity contribution is 7.89. The lowest BCUT2D eigenvalue weighted by Crippen LogP contribution is -2.11. The first-order valence-corrected chi connectivity index (χ1v) is 8.08. The third-order valence-corrected chi connectivity index (χ3v) is 3.84. The minimum absolute atomic E-state index is 0.0689. The molecule has 0 atom stereocenters. The molecule has 2 aromatic carbocycles. The van der Waals surface area contributed by atoms with Crippen molar-refractivity contribution >= 4 is 21.9 Å². The molecule has 0 aliphatic heterocycles. The highest BCUT2D eigenvalue weighted by Gasteiger charge is 2.05. The highest BCUT2D eigenvalue weighted by Crippen LogP contribution is 2.10. The summed E-state index contributed by atoms with van der Waals surface area (Å²) in [5, 5.41) is 5.02. The van der Waals surface area contributed by atoms with Gasteiger partial charge in [-0.15, -0.1) is 0 Å². The smallest absolute Gasteiger partial charge is 0.238 e. The standard InChI is InChI=1S/C17H15NO3S/c18-22(20,21)16-12-10-14(11-13-16)6-4-5-9-17(19)15-7-2-1-3-8-15/h1-13H,(H2,18,20,21)/b6-4-,9-5-. The lowest BCUT2D eigenvalue weighted by Gasteiger charge is -1.98. The Morgan fingerprint density at radius 2 is 1.55 bits per heavy atom. The van der Waals surface area contributed by atoms with Crippen molar-refractivity contribution < 1.29 is 13.2 Å². The summed E-state index contributed by atoms with van der Waals surface area (Å²) in [4.78, 5) is 11.9. The molecule has 0 unspecified atom stereocenters.